The molecule has 2 rings (SSSR count). The Balaban J connectivity index is 2.28. The van der Waals surface area contributed by atoms with Gasteiger partial charge in [-0.15, -0.1) is 0 Å². The second-order valence-corrected chi connectivity index (χ2v) is 6.88. The van der Waals surface area contributed by atoms with Crippen molar-refractivity contribution < 1.29 is 4.79 Å². The van der Waals surface area contributed by atoms with Gasteiger partial charge in [0.05, 0.1) is 17.6 Å². The van der Waals surface area contributed by atoms with E-state index in [1.165, 1.54) is 0 Å². The third-order valence-corrected chi connectivity index (χ3v) is 3.54. The van der Waals surface area contributed by atoms with Crippen LogP contribution in [0.4, 0.5) is 11.5 Å². The highest BCUT2D eigenvalue weighted by atomic mass is 16.2. The third kappa shape index (κ3) is 3.79. The van der Waals surface area contributed by atoms with Crippen LogP contribution in [0.3, 0.4) is 0 Å². The Labute approximate surface area is 141 Å². The molecule has 0 aliphatic carbocycles. The van der Waals surface area contributed by atoms with Gasteiger partial charge in [-0.05, 0) is 19.1 Å². The van der Waals surface area contributed by atoms with Gasteiger partial charge in [0.25, 0.3) is 11.5 Å². The minimum absolute atomic E-state index is 0.00138. The van der Waals surface area contributed by atoms with E-state index in [-0.39, 0.29) is 11.0 Å². The smallest absolute Gasteiger partial charge is 0.264 e. The van der Waals surface area contributed by atoms with Gasteiger partial charge in [0, 0.05) is 19.5 Å². The zero-order valence-corrected chi connectivity index (χ0v) is 14.9. The number of carbonyl (C=O) groups excluding carboxylic acids is 1. The highest BCUT2D eigenvalue weighted by Crippen LogP contribution is 2.18. The molecule has 0 saturated heterocycles. The van der Waals surface area contributed by atoms with Gasteiger partial charge >= 0.3 is 0 Å². The van der Waals surface area contributed by atoms with Crippen LogP contribution >= 0.6 is 0 Å². The van der Waals surface area contributed by atoms with Gasteiger partial charge in [-0.2, -0.15) is 0 Å². The Bertz CT molecular complexity index is 801. The lowest BCUT2D eigenvalue weighted by Crippen LogP contribution is -2.30. The summed E-state index contributed by atoms with van der Waals surface area (Å²) >= 11 is 0. The molecule has 0 aromatic carbocycles. The molecule has 7 nitrogen and oxygen atoms in total. The Morgan fingerprint density at radius 3 is 2.38 bits per heavy atom. The van der Waals surface area contributed by atoms with Crippen LogP contribution in [-0.4, -0.2) is 35.0 Å². The summed E-state index contributed by atoms with van der Waals surface area (Å²) in [7, 11) is 3.81. The minimum Gasteiger partial charge on any atom is -0.376 e. The average Bonchev–Trinajstić information content (AvgIpc) is 2.46. The fourth-order valence-corrected chi connectivity index (χ4v) is 2.11. The number of hydrogen-bond acceptors (Lipinski definition) is 5. The quantitative estimate of drug-likeness (QED) is 0.900. The van der Waals surface area contributed by atoms with Gasteiger partial charge in [-0.25, -0.2) is 9.97 Å². The number of rotatable bonds is 3. The number of aromatic nitrogens is 3. The number of pyridine rings is 1. The van der Waals surface area contributed by atoms with E-state index in [9.17, 15) is 9.59 Å². The zero-order chi connectivity index (χ0) is 18.1. The summed E-state index contributed by atoms with van der Waals surface area (Å²) in [4.78, 5) is 37.8. The number of amides is 1. The number of H-pyrrole nitrogens is 1. The maximum atomic E-state index is 12.4. The van der Waals surface area contributed by atoms with Crippen molar-refractivity contribution in [3.05, 3.63) is 45.8 Å². The van der Waals surface area contributed by atoms with Crippen LogP contribution in [0.25, 0.3) is 0 Å². The predicted molar refractivity (Wildman–Crippen MR) is 94.8 cm³/mol. The van der Waals surface area contributed by atoms with E-state index in [0.717, 1.165) is 5.69 Å². The lowest BCUT2D eigenvalue weighted by molar-refractivity contribution is 0.102. The fraction of sp³-hybridized carbons (Fsp3) is 0.412. The minimum atomic E-state index is -0.521. The van der Waals surface area contributed by atoms with Gasteiger partial charge in [0.1, 0.15) is 17.2 Å². The number of nitrogens with one attached hydrogen (secondary N) is 2. The Morgan fingerprint density at radius 2 is 1.92 bits per heavy atom. The molecule has 2 N–H and O–H groups in total. The summed E-state index contributed by atoms with van der Waals surface area (Å²) in [6, 6.07) is 3.52. The molecular weight excluding hydrogens is 306 g/mol. The first-order valence-corrected chi connectivity index (χ1v) is 7.65. The lowest BCUT2D eigenvalue weighted by Gasteiger charge is -2.18. The summed E-state index contributed by atoms with van der Waals surface area (Å²) in [5.41, 5.74) is 0.559. The summed E-state index contributed by atoms with van der Waals surface area (Å²) in [5, 5.41) is 2.64. The van der Waals surface area contributed by atoms with Crippen molar-refractivity contribution in [1.82, 2.24) is 15.0 Å². The molecule has 7 heteroatoms. The molecule has 2 aromatic rings. The first-order valence-electron chi connectivity index (χ1n) is 7.65. The molecule has 0 unspecified atom stereocenters. The SMILES string of the molecule is Cc1nc(C(C)(C)C)[nH]c(=O)c1C(=O)Nc1ccc(N(C)C)cn1. The predicted octanol–water partition coefficient (Wildman–Crippen LogP) is 2.09. The van der Waals surface area contributed by atoms with Crippen LogP contribution in [0.1, 0.15) is 42.6 Å². The molecule has 2 aromatic heterocycles. The monoisotopic (exact) mass is 329 g/mol. The Kier molecular flexibility index (Phi) is 4.73. The molecule has 2 heterocycles. The van der Waals surface area contributed by atoms with Crippen LogP contribution in [0.5, 0.6) is 0 Å². The van der Waals surface area contributed by atoms with E-state index < -0.39 is 11.5 Å². The van der Waals surface area contributed by atoms with Crippen LogP contribution in [-0.2, 0) is 5.41 Å². The van der Waals surface area contributed by atoms with E-state index >= 15 is 0 Å². The van der Waals surface area contributed by atoms with Crippen molar-refractivity contribution in [2.24, 2.45) is 0 Å². The molecule has 128 valence electrons. The average molecular weight is 329 g/mol. The second kappa shape index (κ2) is 6.43. The van der Waals surface area contributed by atoms with Gasteiger partial charge in [0.2, 0.25) is 0 Å². The van der Waals surface area contributed by atoms with Gasteiger partial charge in [-0.1, -0.05) is 20.8 Å². The van der Waals surface area contributed by atoms with Crippen LogP contribution in [0.2, 0.25) is 0 Å². The zero-order valence-electron chi connectivity index (χ0n) is 14.9. The normalized spacial score (nSPS) is 11.2. The fourth-order valence-electron chi connectivity index (χ4n) is 2.11. The molecule has 0 saturated carbocycles. The van der Waals surface area contributed by atoms with Gasteiger partial charge in [0.15, 0.2) is 0 Å². The van der Waals surface area contributed by atoms with Crippen molar-refractivity contribution in [2.45, 2.75) is 33.1 Å². The van der Waals surface area contributed by atoms with Crippen molar-refractivity contribution in [3.63, 3.8) is 0 Å². The third-order valence-electron chi connectivity index (χ3n) is 3.54. The van der Waals surface area contributed by atoms with E-state index in [0.29, 0.717) is 17.3 Å². The van der Waals surface area contributed by atoms with Crippen molar-refractivity contribution in [1.29, 1.82) is 0 Å². The Morgan fingerprint density at radius 1 is 1.25 bits per heavy atom. The van der Waals surface area contributed by atoms with E-state index in [4.69, 9.17) is 0 Å². The first kappa shape index (κ1) is 17.7. The number of anilines is 2. The molecule has 0 spiro atoms. The first-order chi connectivity index (χ1) is 11.1. The largest absolute Gasteiger partial charge is 0.376 e. The topological polar surface area (TPSA) is 91.0 Å². The molecule has 24 heavy (non-hydrogen) atoms. The number of aryl methyl sites for hydroxylation is 1. The molecule has 0 radical (unpaired) electrons. The lowest BCUT2D eigenvalue weighted by atomic mass is 9.95. The number of carbonyl (C=O) groups is 1. The van der Waals surface area contributed by atoms with Crippen molar-refractivity contribution >= 4 is 17.4 Å². The van der Waals surface area contributed by atoms with Crippen LogP contribution in [0.15, 0.2) is 23.1 Å². The number of hydrogen-bond donors (Lipinski definition) is 2. The number of nitrogens with zero attached hydrogens (tertiary/aromatic N) is 3. The summed E-state index contributed by atoms with van der Waals surface area (Å²) in [5.74, 6) is 0.408. The highest BCUT2D eigenvalue weighted by Gasteiger charge is 2.22. The van der Waals surface area contributed by atoms with Gasteiger partial charge in [-0.3, -0.25) is 9.59 Å². The molecule has 0 aliphatic rings. The summed E-state index contributed by atoms with van der Waals surface area (Å²) < 4.78 is 0. The van der Waals surface area contributed by atoms with Crippen molar-refractivity contribution in [2.75, 3.05) is 24.3 Å². The summed E-state index contributed by atoms with van der Waals surface area (Å²) in [6.07, 6.45) is 1.65. The molecule has 0 aliphatic heterocycles. The molecular formula is C17H23N5O2. The summed E-state index contributed by atoms with van der Waals surface area (Å²) in [6.45, 7) is 7.49. The van der Waals surface area contributed by atoms with E-state index in [1.807, 2.05) is 45.8 Å². The van der Waals surface area contributed by atoms with Crippen LogP contribution < -0.4 is 15.8 Å². The highest BCUT2D eigenvalue weighted by molar-refractivity contribution is 6.04. The molecule has 1 amide bonds. The molecule has 0 bridgehead atoms. The standard InChI is InChI=1S/C17H23N5O2/c1-10-13(15(24)21-16(19-10)17(2,3)4)14(23)20-12-8-7-11(9-18-12)22(5)6/h7-9H,1-6H3,(H,18,20,23)(H,19,21,24). The molecule has 0 fully saturated rings. The number of aromatic amines is 1. The van der Waals surface area contributed by atoms with Crippen molar-refractivity contribution in [3.8, 4) is 0 Å². The van der Waals surface area contributed by atoms with Crippen LogP contribution in [0, 0.1) is 6.92 Å². The van der Waals surface area contributed by atoms with Gasteiger partial charge < -0.3 is 15.2 Å². The Hall–Kier alpha value is -2.70. The molecule has 0 atom stereocenters. The maximum Gasteiger partial charge on any atom is 0.264 e. The maximum absolute atomic E-state index is 12.4. The van der Waals surface area contributed by atoms with E-state index in [2.05, 4.69) is 20.3 Å². The second-order valence-electron chi connectivity index (χ2n) is 6.88. The van der Waals surface area contributed by atoms with E-state index in [1.54, 1.807) is 19.2 Å².